The van der Waals surface area contributed by atoms with Crippen molar-refractivity contribution in [3.8, 4) is 67.8 Å². The summed E-state index contributed by atoms with van der Waals surface area (Å²) in [6.45, 7) is 38.7. The molecule has 25 nitrogen and oxygen atoms in total. The number of aromatic amines is 1. The molecular formula is C90H118N17O8+. The van der Waals surface area contributed by atoms with E-state index in [0.29, 0.717) is 92.3 Å². The molecule has 16 rings (SSSR count). The summed E-state index contributed by atoms with van der Waals surface area (Å²) in [5, 5.41) is 39.6. The number of carbonyl (C=O) groups is 4. The van der Waals surface area contributed by atoms with Gasteiger partial charge in [0.05, 0.1) is 92.6 Å². The van der Waals surface area contributed by atoms with Crippen LogP contribution >= 0.6 is 0 Å². The Hall–Kier alpha value is -10.6. The van der Waals surface area contributed by atoms with Crippen molar-refractivity contribution in [2.75, 3.05) is 0 Å². The van der Waals surface area contributed by atoms with Gasteiger partial charge in [0.15, 0.2) is 7.05 Å². The van der Waals surface area contributed by atoms with E-state index in [9.17, 15) is 19.2 Å². The number of ketones is 4. The minimum atomic E-state index is -0.0966. The van der Waals surface area contributed by atoms with E-state index in [2.05, 4.69) is 213 Å². The van der Waals surface area contributed by atoms with E-state index in [-0.39, 0.29) is 59.2 Å². The van der Waals surface area contributed by atoms with Crippen LogP contribution in [0.2, 0.25) is 0 Å². The summed E-state index contributed by atoms with van der Waals surface area (Å²) in [6.07, 6.45) is 24.4. The van der Waals surface area contributed by atoms with Crippen LogP contribution in [0.4, 0.5) is 0 Å². The molecule has 25 heteroatoms. The summed E-state index contributed by atoms with van der Waals surface area (Å²) in [4.78, 5) is 51.7. The standard InChI is InChI=1S/2C23H30N4O2.C22H29N5O2.C22H28N4O2/c1-14-22-20(25-26(14)6)10-17(18-12-24-27(13-18)23(3,4)5)11-21(22)29-15(2)16-7-8-19(28)9-16;1-14(2)12-27-13-19(11-24-27)18-9-21-23(15(3)26(5)25-21)22(10-18)29-16(4)17-6-7-20(28)8-17;1-13-20-19(25-26(13)6)10-18(16-11-23-27(12-16)22(3,4)5)24-21(20)29-14(2)15-7-8-17(28)9-15;1-13(2)26-12-18(11-23-26)17-9-20-22(14(3)25(5)24-20)21(10-17)28-15(4)16-6-7-19(27)8-16/h10-13,15-16H,7-9H2,1-6H3;9-11,13-14,16-17H,6-8,12H2,1-5H3;10-12,14-15H,7-9H2,1-6H3;9-13,15-16H,6-8H2,1-5H3/p+1/t15-,16+;16-,17+;14-,15+;15-,16-/m1111/s1. The molecule has 0 radical (unpaired) electrons. The molecular weight excluding hydrogens is 1450 g/mol. The molecule has 4 aliphatic rings. The van der Waals surface area contributed by atoms with Crippen LogP contribution in [0.5, 0.6) is 23.1 Å². The highest BCUT2D eigenvalue weighted by Crippen LogP contribution is 2.42. The molecule has 12 aromatic rings. The van der Waals surface area contributed by atoms with Gasteiger partial charge in [-0.3, -0.25) is 52.0 Å². The van der Waals surface area contributed by atoms with Gasteiger partial charge in [-0.1, -0.05) is 13.8 Å². The first-order valence-corrected chi connectivity index (χ1v) is 41.1. The van der Waals surface area contributed by atoms with Gasteiger partial charge in [0, 0.05) is 180 Å². The number of carbonyl (C=O) groups excluding carboxylic acids is 4. The van der Waals surface area contributed by atoms with Gasteiger partial charge in [-0.15, -0.1) is 4.68 Å². The molecule has 4 aliphatic carbocycles. The van der Waals surface area contributed by atoms with Crippen LogP contribution in [-0.4, -0.2) is 126 Å². The molecule has 9 heterocycles. The highest BCUT2D eigenvalue weighted by molar-refractivity contribution is 5.95. The summed E-state index contributed by atoms with van der Waals surface area (Å²) in [5.41, 5.74) is 15.9. The molecule has 9 aromatic heterocycles. The number of hydrogen-bond acceptors (Lipinski definition) is 16. The van der Waals surface area contributed by atoms with Crippen LogP contribution in [0, 0.1) is 57.3 Å². The van der Waals surface area contributed by atoms with Gasteiger partial charge in [0.2, 0.25) is 11.6 Å². The first kappa shape index (κ1) is 82.4. The average Bonchev–Trinajstić information content (AvgIpc) is 1.65. The van der Waals surface area contributed by atoms with Gasteiger partial charge in [-0.25, -0.2) is 4.98 Å². The molecule has 0 unspecified atom stereocenters. The molecule has 1 N–H and O–H groups in total. The number of nitrogens with one attached hydrogen (secondary N) is 1. The van der Waals surface area contributed by atoms with Gasteiger partial charge in [-0.05, 0) is 195 Å². The number of ether oxygens (including phenoxy) is 4. The SMILES string of the molecule is Cc1c2c(O[C@H](C)[C@@H]3CCC(=O)C3)cc(-c3cnn(C(C)C)c3)cc2nn1C.Cc1c2c(O[C@H](C)[C@H]3CCC(=O)C3)cc(-c3cnn(C(C)(C)C)c3)cc2nn1C.Cc1c2c(O[C@H](C)[C@H]3CCC(=O)C3)cc(-c3cnn(CC(C)C)c3)cc2nn1C.Cc1c2c(O[C@H](C)[C@H]3CCC(=O)C3)nc(-c3cnn(C(C)(C)C)c3)cc2[nH][n+]1C. The topological polar surface area (TPSA) is 262 Å². The monoisotopic (exact) mass is 1560 g/mol. The van der Waals surface area contributed by atoms with Gasteiger partial charge >= 0.3 is 0 Å². The fraction of sp³-hybridized carbons (Fsp3) is 0.522. The minimum absolute atomic E-state index is 0.0110. The number of aromatic nitrogens is 17. The lowest BCUT2D eigenvalue weighted by atomic mass is 10.0. The predicted octanol–water partition coefficient (Wildman–Crippen LogP) is 17.1. The molecule has 4 fully saturated rings. The molecule has 8 atom stereocenters. The van der Waals surface area contributed by atoms with Crippen LogP contribution in [0.3, 0.4) is 0 Å². The van der Waals surface area contributed by atoms with E-state index in [1.165, 1.54) is 0 Å². The van der Waals surface area contributed by atoms with Crippen molar-refractivity contribution < 1.29 is 42.8 Å². The zero-order valence-corrected chi connectivity index (χ0v) is 71.5. The third kappa shape index (κ3) is 18.2. The van der Waals surface area contributed by atoms with E-state index in [1.54, 1.807) is 0 Å². The molecule has 0 spiro atoms. The Balaban J connectivity index is 0.000000134. The Morgan fingerprint density at radius 2 is 0.817 bits per heavy atom. The Bertz CT molecular complexity index is 5410. The van der Waals surface area contributed by atoms with Crippen molar-refractivity contribution >= 4 is 66.7 Å². The molecule has 115 heavy (non-hydrogen) atoms. The number of fused-ring (bicyclic) bond motifs is 4. The lowest BCUT2D eigenvalue weighted by Crippen LogP contribution is -2.32. The van der Waals surface area contributed by atoms with Crippen molar-refractivity contribution in [2.24, 2.45) is 57.8 Å². The normalized spacial score (nSPS) is 18.4. The maximum absolute atomic E-state index is 11.7. The molecule has 0 bridgehead atoms. The van der Waals surface area contributed by atoms with E-state index in [0.717, 1.165) is 161 Å². The van der Waals surface area contributed by atoms with Crippen LogP contribution in [0.25, 0.3) is 88.2 Å². The fourth-order valence-corrected chi connectivity index (χ4v) is 16.3. The second-order valence-electron chi connectivity index (χ2n) is 35.5. The lowest BCUT2D eigenvalue weighted by molar-refractivity contribution is -0.730. The third-order valence-electron chi connectivity index (χ3n) is 23.9. The smallest absolute Gasteiger partial charge is 0.230 e. The van der Waals surface area contributed by atoms with E-state index >= 15 is 0 Å². The Kier molecular flexibility index (Phi) is 23.9. The van der Waals surface area contributed by atoms with Gasteiger partial charge in [0.1, 0.15) is 57.4 Å². The zero-order valence-electron chi connectivity index (χ0n) is 71.5. The van der Waals surface area contributed by atoms with Gasteiger partial charge in [-0.2, -0.15) is 40.8 Å². The molecule has 3 aromatic carbocycles. The van der Waals surface area contributed by atoms with Gasteiger partial charge < -0.3 is 18.9 Å². The zero-order chi connectivity index (χ0) is 82.5. The van der Waals surface area contributed by atoms with E-state index in [4.69, 9.17) is 23.9 Å². The number of nitrogens with zero attached hydrogens (tertiary/aromatic N) is 16. The maximum Gasteiger partial charge on any atom is 0.230 e. The molecule has 0 saturated heterocycles. The number of H-pyrrole nitrogens is 1. The highest BCUT2D eigenvalue weighted by Gasteiger charge is 2.35. The second-order valence-corrected chi connectivity index (χ2v) is 35.5. The number of rotatable bonds is 19. The minimum Gasteiger partial charge on any atom is -0.490 e. The fourth-order valence-electron chi connectivity index (χ4n) is 16.3. The molecule has 0 aliphatic heterocycles. The lowest BCUT2D eigenvalue weighted by Gasteiger charge is -2.21. The first-order valence-electron chi connectivity index (χ1n) is 41.1. The van der Waals surface area contributed by atoms with Crippen molar-refractivity contribution in [1.82, 2.24) is 78.5 Å². The first-order chi connectivity index (χ1) is 54.4. The quantitative estimate of drug-likeness (QED) is 0.0738. The summed E-state index contributed by atoms with van der Waals surface area (Å²) < 4.78 is 41.2. The number of benzene rings is 3. The Labute approximate surface area is 674 Å². The van der Waals surface area contributed by atoms with Crippen LogP contribution in [0.1, 0.15) is 203 Å². The van der Waals surface area contributed by atoms with Crippen LogP contribution < -0.4 is 23.6 Å². The Morgan fingerprint density at radius 3 is 1.18 bits per heavy atom. The van der Waals surface area contributed by atoms with E-state index < -0.39 is 0 Å². The average molecular weight is 1570 g/mol. The van der Waals surface area contributed by atoms with E-state index in [1.807, 2.05) is 110 Å². The summed E-state index contributed by atoms with van der Waals surface area (Å²) in [5.74, 6) is 6.12. The van der Waals surface area contributed by atoms with Crippen LogP contribution in [-0.2, 0) is 65.0 Å². The van der Waals surface area contributed by atoms with Crippen molar-refractivity contribution in [1.29, 1.82) is 0 Å². The molecule has 4 saturated carbocycles. The number of pyridine rings is 1. The molecule has 0 amide bonds. The number of Topliss-reactive ketones (excluding diaryl/α,β-unsaturated/α-hetero) is 4. The van der Waals surface area contributed by atoms with Crippen molar-refractivity contribution in [3.05, 3.63) is 115 Å². The third-order valence-corrected chi connectivity index (χ3v) is 23.9. The van der Waals surface area contributed by atoms with Gasteiger partial charge in [0.25, 0.3) is 0 Å². The summed E-state index contributed by atoms with van der Waals surface area (Å²) in [7, 11) is 7.85. The summed E-state index contributed by atoms with van der Waals surface area (Å²) in [6, 6.07) is 14.9. The molecule has 610 valence electrons. The number of aryl methyl sites for hydroxylation is 8. The summed E-state index contributed by atoms with van der Waals surface area (Å²) >= 11 is 0. The second kappa shape index (κ2) is 33.3. The highest BCUT2D eigenvalue weighted by atomic mass is 16.5. The van der Waals surface area contributed by atoms with Crippen molar-refractivity contribution in [3.63, 3.8) is 0 Å². The van der Waals surface area contributed by atoms with Crippen LogP contribution in [0.15, 0.2) is 92.0 Å². The number of hydrogen-bond donors (Lipinski definition) is 1. The Morgan fingerprint density at radius 1 is 0.452 bits per heavy atom. The largest absolute Gasteiger partial charge is 0.490 e. The van der Waals surface area contributed by atoms with Crippen molar-refractivity contribution in [2.45, 2.75) is 250 Å². The predicted molar refractivity (Wildman–Crippen MR) is 448 cm³/mol. The maximum atomic E-state index is 11.7.